The van der Waals surface area contributed by atoms with Crippen LogP contribution in [0.3, 0.4) is 0 Å². The summed E-state index contributed by atoms with van der Waals surface area (Å²) in [7, 11) is 0. The summed E-state index contributed by atoms with van der Waals surface area (Å²) in [6.07, 6.45) is 12.7. The molecule has 3 heteroatoms. The first-order chi connectivity index (χ1) is 10.2. The molecule has 0 radical (unpaired) electrons. The molecule has 1 saturated heterocycles. The molecule has 1 N–H and O–H groups in total. The van der Waals surface area contributed by atoms with E-state index >= 15 is 0 Å². The van der Waals surface area contributed by atoms with E-state index in [1.165, 1.54) is 76.5 Å². The first-order valence-corrected chi connectivity index (χ1v) is 9.41. The van der Waals surface area contributed by atoms with Crippen LogP contribution in [0.25, 0.3) is 0 Å². The van der Waals surface area contributed by atoms with Gasteiger partial charge in [0.15, 0.2) is 0 Å². The summed E-state index contributed by atoms with van der Waals surface area (Å²) in [5.74, 6) is 0.903. The highest BCUT2D eigenvalue weighted by molar-refractivity contribution is 6.25. The van der Waals surface area contributed by atoms with E-state index in [2.05, 4.69) is 17.1 Å². The van der Waals surface area contributed by atoms with Crippen LogP contribution < -0.4 is 5.32 Å². The van der Waals surface area contributed by atoms with Crippen molar-refractivity contribution in [2.24, 2.45) is 5.92 Å². The third kappa shape index (κ3) is 3.48. The molecular formula is C18H31ClN2. The molecule has 3 fully saturated rings. The van der Waals surface area contributed by atoms with Gasteiger partial charge in [-0.15, -0.1) is 0 Å². The Morgan fingerprint density at radius 1 is 1.19 bits per heavy atom. The second-order valence-corrected chi connectivity index (χ2v) is 7.87. The Bertz CT molecular complexity index is 367. The molecule has 1 spiro atoms. The third-order valence-corrected chi connectivity index (χ3v) is 6.53. The highest BCUT2D eigenvalue weighted by Crippen LogP contribution is 2.39. The molecule has 1 heterocycles. The fourth-order valence-electron chi connectivity index (χ4n) is 4.87. The van der Waals surface area contributed by atoms with Crippen LogP contribution in [0.2, 0.25) is 0 Å². The number of hydrogen-bond donors (Lipinski definition) is 1. The molecule has 0 amide bonds. The van der Waals surface area contributed by atoms with Gasteiger partial charge in [-0.05, 0) is 44.1 Å². The summed E-state index contributed by atoms with van der Waals surface area (Å²) in [6.45, 7) is 5.66. The Balaban J connectivity index is 1.69. The van der Waals surface area contributed by atoms with Crippen molar-refractivity contribution in [3.05, 3.63) is 11.1 Å². The van der Waals surface area contributed by atoms with E-state index in [0.29, 0.717) is 11.6 Å². The fraction of sp³-hybridized carbons (Fsp3) is 0.889. The normalized spacial score (nSPS) is 31.9. The minimum Gasteiger partial charge on any atom is -0.311 e. The molecule has 2 nitrogen and oxygen atoms in total. The summed E-state index contributed by atoms with van der Waals surface area (Å²) in [5.41, 5.74) is 3.51. The zero-order valence-electron chi connectivity index (χ0n) is 13.5. The number of nitrogens with one attached hydrogen (secondary N) is 1. The largest absolute Gasteiger partial charge is 0.311 e. The van der Waals surface area contributed by atoms with Crippen molar-refractivity contribution in [3.63, 3.8) is 0 Å². The summed E-state index contributed by atoms with van der Waals surface area (Å²) >= 11 is 5.95. The van der Waals surface area contributed by atoms with Crippen molar-refractivity contribution in [1.82, 2.24) is 10.2 Å². The molecule has 0 aromatic heterocycles. The first kappa shape index (κ1) is 15.8. The lowest BCUT2D eigenvalue weighted by atomic mass is 9.80. The monoisotopic (exact) mass is 310 g/mol. The lowest BCUT2D eigenvalue weighted by molar-refractivity contribution is 0.0321. The summed E-state index contributed by atoms with van der Waals surface area (Å²) < 4.78 is 0. The molecule has 1 unspecified atom stereocenters. The minimum absolute atomic E-state index is 0.423. The van der Waals surface area contributed by atoms with E-state index < -0.39 is 0 Å². The lowest BCUT2D eigenvalue weighted by Crippen LogP contribution is -2.65. The zero-order valence-corrected chi connectivity index (χ0v) is 14.3. The molecule has 1 aliphatic heterocycles. The number of rotatable bonds is 3. The maximum absolute atomic E-state index is 5.95. The molecule has 2 aliphatic carbocycles. The van der Waals surface area contributed by atoms with E-state index in [4.69, 9.17) is 11.6 Å². The van der Waals surface area contributed by atoms with Gasteiger partial charge in [-0.3, -0.25) is 4.90 Å². The van der Waals surface area contributed by atoms with Crippen molar-refractivity contribution in [2.45, 2.75) is 76.3 Å². The summed E-state index contributed by atoms with van der Waals surface area (Å²) in [4.78, 5) is 2.78. The van der Waals surface area contributed by atoms with Crippen molar-refractivity contribution in [1.29, 1.82) is 0 Å². The second kappa shape index (κ2) is 7.02. The van der Waals surface area contributed by atoms with E-state index in [1.54, 1.807) is 5.54 Å². The van der Waals surface area contributed by atoms with Crippen LogP contribution in [0.15, 0.2) is 11.1 Å². The summed E-state index contributed by atoms with van der Waals surface area (Å²) in [6, 6.07) is 0.708. The quantitative estimate of drug-likeness (QED) is 0.836. The van der Waals surface area contributed by atoms with E-state index in [-0.39, 0.29) is 0 Å². The maximum Gasteiger partial charge on any atom is 0.0338 e. The Labute approximate surface area is 135 Å². The van der Waals surface area contributed by atoms with Crippen LogP contribution in [0.1, 0.15) is 64.7 Å². The number of halogens is 1. The van der Waals surface area contributed by atoms with Gasteiger partial charge in [-0.2, -0.15) is 0 Å². The molecule has 3 aliphatic rings. The van der Waals surface area contributed by atoms with Gasteiger partial charge in [0, 0.05) is 36.8 Å². The minimum atomic E-state index is 0.423. The second-order valence-electron chi connectivity index (χ2n) is 7.65. The van der Waals surface area contributed by atoms with E-state index in [9.17, 15) is 0 Å². The first-order valence-electron chi connectivity index (χ1n) is 8.98. The lowest BCUT2D eigenvalue weighted by Gasteiger charge is -2.50. The molecule has 0 bridgehead atoms. The van der Waals surface area contributed by atoms with Crippen LogP contribution in [-0.2, 0) is 0 Å². The topological polar surface area (TPSA) is 15.3 Å². The number of hydrogen-bond acceptors (Lipinski definition) is 2. The van der Waals surface area contributed by atoms with Crippen LogP contribution >= 0.6 is 11.6 Å². The molecule has 120 valence electrons. The number of nitrogens with zero attached hydrogens (tertiary/aromatic N) is 1. The molecule has 2 saturated carbocycles. The van der Waals surface area contributed by atoms with Gasteiger partial charge in [-0.25, -0.2) is 0 Å². The Hall–Kier alpha value is -0.0500. The van der Waals surface area contributed by atoms with E-state index in [0.717, 1.165) is 12.5 Å². The smallest absolute Gasteiger partial charge is 0.0338 e. The standard InChI is InChI=1S/C18H31ClN2/c1-15(11-19)12-21-13-17(16-7-3-2-4-8-16)20-14-18(21)9-5-6-10-18/h11,16-17,20H,2-10,12-14H2,1H3. The highest BCUT2D eigenvalue weighted by atomic mass is 35.5. The van der Waals surface area contributed by atoms with Gasteiger partial charge in [0.25, 0.3) is 0 Å². The van der Waals surface area contributed by atoms with E-state index in [1.807, 2.05) is 0 Å². The van der Waals surface area contributed by atoms with Crippen LogP contribution in [0, 0.1) is 5.92 Å². The molecular weight excluding hydrogens is 280 g/mol. The Morgan fingerprint density at radius 2 is 1.90 bits per heavy atom. The van der Waals surface area contributed by atoms with Gasteiger partial charge < -0.3 is 5.32 Å². The zero-order chi connectivity index (χ0) is 14.7. The highest BCUT2D eigenvalue weighted by Gasteiger charge is 2.44. The van der Waals surface area contributed by atoms with Crippen LogP contribution in [0.5, 0.6) is 0 Å². The van der Waals surface area contributed by atoms with Crippen LogP contribution in [0.4, 0.5) is 0 Å². The molecule has 0 aromatic carbocycles. The molecule has 3 rings (SSSR count). The molecule has 1 atom stereocenters. The Morgan fingerprint density at radius 3 is 2.57 bits per heavy atom. The SMILES string of the molecule is CC(=CCl)CN1CC(C2CCCCC2)NCC12CCCC2. The Kier molecular flexibility index (Phi) is 5.29. The van der Waals surface area contributed by atoms with Crippen LogP contribution in [-0.4, -0.2) is 36.1 Å². The van der Waals surface area contributed by atoms with Crippen molar-refractivity contribution >= 4 is 11.6 Å². The van der Waals surface area contributed by atoms with Gasteiger partial charge in [0.05, 0.1) is 0 Å². The van der Waals surface area contributed by atoms with Crippen molar-refractivity contribution in [2.75, 3.05) is 19.6 Å². The predicted octanol–water partition coefficient (Wildman–Crippen LogP) is 4.30. The van der Waals surface area contributed by atoms with Gasteiger partial charge >= 0.3 is 0 Å². The molecule has 0 aromatic rings. The van der Waals surface area contributed by atoms with Crippen molar-refractivity contribution < 1.29 is 0 Å². The van der Waals surface area contributed by atoms with Gasteiger partial charge in [0.1, 0.15) is 0 Å². The average Bonchev–Trinajstić information content (AvgIpc) is 3.00. The molecule has 21 heavy (non-hydrogen) atoms. The fourth-order valence-corrected chi connectivity index (χ4v) is 4.94. The van der Waals surface area contributed by atoms with Crippen molar-refractivity contribution in [3.8, 4) is 0 Å². The van der Waals surface area contributed by atoms with Gasteiger partial charge in [0.2, 0.25) is 0 Å². The predicted molar refractivity (Wildman–Crippen MR) is 90.7 cm³/mol. The van der Waals surface area contributed by atoms with Gasteiger partial charge in [-0.1, -0.05) is 43.7 Å². The maximum atomic E-state index is 5.95. The summed E-state index contributed by atoms with van der Waals surface area (Å²) in [5, 5.41) is 3.95. The number of piperazine rings is 1. The third-order valence-electron chi connectivity index (χ3n) is 6.16. The average molecular weight is 311 g/mol.